The van der Waals surface area contributed by atoms with Gasteiger partial charge in [0.05, 0.1) is 24.5 Å². The Morgan fingerprint density at radius 2 is 1.97 bits per heavy atom. The molecular formula is C25H23N3O3. The summed E-state index contributed by atoms with van der Waals surface area (Å²) in [6, 6.07) is 17.7. The maximum absolute atomic E-state index is 13.3. The topological polar surface area (TPSA) is 74.4 Å². The van der Waals surface area contributed by atoms with Crippen molar-refractivity contribution in [1.29, 1.82) is 0 Å². The fourth-order valence-corrected chi connectivity index (χ4v) is 5.40. The van der Waals surface area contributed by atoms with Crippen LogP contribution in [0.4, 0.5) is 5.69 Å². The van der Waals surface area contributed by atoms with Gasteiger partial charge in [-0.05, 0) is 30.2 Å². The van der Waals surface area contributed by atoms with Crippen LogP contribution < -0.4 is 10.2 Å². The van der Waals surface area contributed by atoms with Crippen molar-refractivity contribution < 1.29 is 14.3 Å². The first-order valence-electron chi connectivity index (χ1n) is 10.7. The van der Waals surface area contributed by atoms with E-state index in [9.17, 15) is 9.59 Å². The summed E-state index contributed by atoms with van der Waals surface area (Å²) in [5.74, 6) is -1.11. The minimum absolute atomic E-state index is 0.0326. The van der Waals surface area contributed by atoms with Crippen LogP contribution in [0.3, 0.4) is 0 Å². The van der Waals surface area contributed by atoms with Gasteiger partial charge >= 0.3 is 0 Å². The number of carbonyl (C=O) groups excluding carboxylic acids is 2. The van der Waals surface area contributed by atoms with Gasteiger partial charge in [-0.3, -0.25) is 9.59 Å². The van der Waals surface area contributed by atoms with Crippen LogP contribution in [0, 0.1) is 11.8 Å². The zero-order chi connectivity index (χ0) is 21.0. The molecule has 3 aromatic rings. The van der Waals surface area contributed by atoms with Gasteiger partial charge in [0.1, 0.15) is 5.60 Å². The Bertz CT molecular complexity index is 1200. The van der Waals surface area contributed by atoms with E-state index in [0.29, 0.717) is 13.1 Å². The predicted octanol–water partition coefficient (Wildman–Crippen LogP) is 2.81. The summed E-state index contributed by atoms with van der Waals surface area (Å²) in [5, 5.41) is 4.23. The minimum atomic E-state index is -0.698. The molecule has 4 atom stereocenters. The van der Waals surface area contributed by atoms with Crippen molar-refractivity contribution in [2.45, 2.75) is 18.1 Å². The van der Waals surface area contributed by atoms with Crippen molar-refractivity contribution in [3.05, 3.63) is 78.5 Å². The lowest BCUT2D eigenvalue weighted by Gasteiger charge is -2.23. The van der Waals surface area contributed by atoms with E-state index in [1.165, 1.54) is 10.9 Å². The molecule has 3 aliphatic heterocycles. The Morgan fingerprint density at radius 1 is 1.16 bits per heavy atom. The zero-order valence-electron chi connectivity index (χ0n) is 17.0. The van der Waals surface area contributed by atoms with Crippen molar-refractivity contribution in [3.8, 4) is 0 Å². The Kier molecular flexibility index (Phi) is 4.05. The summed E-state index contributed by atoms with van der Waals surface area (Å²) >= 11 is 0. The molecule has 2 saturated heterocycles. The monoisotopic (exact) mass is 413 g/mol. The van der Waals surface area contributed by atoms with Gasteiger partial charge < -0.3 is 19.9 Å². The van der Waals surface area contributed by atoms with E-state index >= 15 is 0 Å². The molecule has 3 aliphatic rings. The number of fused-ring (bicyclic) bond motifs is 2. The molecule has 31 heavy (non-hydrogen) atoms. The Morgan fingerprint density at radius 3 is 2.84 bits per heavy atom. The number of anilines is 1. The van der Waals surface area contributed by atoms with E-state index in [2.05, 4.69) is 16.4 Å². The number of aromatic nitrogens is 1. The Balaban J connectivity index is 1.18. The van der Waals surface area contributed by atoms with E-state index in [-0.39, 0.29) is 17.9 Å². The third-order valence-corrected chi connectivity index (χ3v) is 6.84. The van der Waals surface area contributed by atoms with E-state index < -0.39 is 17.4 Å². The number of amides is 2. The summed E-state index contributed by atoms with van der Waals surface area (Å²) in [5.41, 5.74) is 2.41. The molecule has 156 valence electrons. The first-order valence-corrected chi connectivity index (χ1v) is 10.7. The molecule has 2 bridgehead atoms. The fraction of sp³-hybridized carbons (Fsp3) is 0.280. The van der Waals surface area contributed by atoms with Crippen molar-refractivity contribution in [2.24, 2.45) is 11.8 Å². The molecule has 2 aromatic carbocycles. The van der Waals surface area contributed by atoms with Crippen LogP contribution >= 0.6 is 0 Å². The molecule has 4 heterocycles. The van der Waals surface area contributed by atoms with Crippen molar-refractivity contribution in [1.82, 2.24) is 10.3 Å². The van der Waals surface area contributed by atoms with Crippen LogP contribution in [0.15, 0.2) is 72.9 Å². The van der Waals surface area contributed by atoms with Gasteiger partial charge in [-0.2, -0.15) is 0 Å². The quantitative estimate of drug-likeness (QED) is 0.632. The average Bonchev–Trinajstić information content (AvgIpc) is 3.54. The van der Waals surface area contributed by atoms with Crippen molar-refractivity contribution in [2.75, 3.05) is 18.0 Å². The van der Waals surface area contributed by atoms with Crippen LogP contribution in [-0.2, 0) is 20.7 Å². The average molecular weight is 413 g/mol. The number of nitrogens with zero attached hydrogens (tertiary/aromatic N) is 1. The highest BCUT2D eigenvalue weighted by Crippen LogP contribution is 2.52. The number of para-hydroxylation sites is 2. The maximum Gasteiger partial charge on any atom is 0.234 e. The van der Waals surface area contributed by atoms with Gasteiger partial charge in [0.2, 0.25) is 11.8 Å². The zero-order valence-corrected chi connectivity index (χ0v) is 17.0. The molecule has 0 saturated carbocycles. The first-order chi connectivity index (χ1) is 15.2. The van der Waals surface area contributed by atoms with Crippen LogP contribution in [0.1, 0.15) is 5.56 Å². The predicted molar refractivity (Wildman–Crippen MR) is 118 cm³/mol. The minimum Gasteiger partial charge on any atom is -0.361 e. The number of hydrogen-bond acceptors (Lipinski definition) is 3. The highest BCUT2D eigenvalue weighted by atomic mass is 16.5. The molecule has 1 spiro atoms. The lowest BCUT2D eigenvalue weighted by molar-refractivity contribution is -0.131. The van der Waals surface area contributed by atoms with E-state index in [1.54, 1.807) is 4.90 Å². The van der Waals surface area contributed by atoms with Gasteiger partial charge in [-0.15, -0.1) is 0 Å². The molecule has 0 aliphatic carbocycles. The van der Waals surface area contributed by atoms with Crippen LogP contribution in [0.2, 0.25) is 0 Å². The lowest BCUT2D eigenvalue weighted by Crippen LogP contribution is -2.44. The molecular weight excluding hydrogens is 390 g/mol. The second kappa shape index (κ2) is 6.82. The normalized spacial score (nSPS) is 28.5. The largest absolute Gasteiger partial charge is 0.361 e. The first kappa shape index (κ1) is 18.4. The molecule has 0 radical (unpaired) electrons. The van der Waals surface area contributed by atoms with Crippen molar-refractivity contribution in [3.63, 3.8) is 0 Å². The number of hydrogen-bond donors (Lipinski definition) is 2. The Labute approximate surface area is 179 Å². The van der Waals surface area contributed by atoms with Crippen LogP contribution in [-0.4, -0.2) is 41.6 Å². The van der Waals surface area contributed by atoms with Crippen LogP contribution in [0.5, 0.6) is 0 Å². The number of nitrogens with one attached hydrogen (secondary N) is 2. The van der Waals surface area contributed by atoms with Crippen LogP contribution in [0.25, 0.3) is 10.9 Å². The number of rotatable bonds is 5. The molecule has 2 fully saturated rings. The molecule has 6 nitrogen and oxygen atoms in total. The summed E-state index contributed by atoms with van der Waals surface area (Å²) in [6.45, 7) is 0.969. The molecule has 2 amide bonds. The summed E-state index contributed by atoms with van der Waals surface area (Å²) in [6.07, 6.45) is 6.32. The summed E-state index contributed by atoms with van der Waals surface area (Å²) in [7, 11) is 0. The van der Waals surface area contributed by atoms with Crippen molar-refractivity contribution >= 4 is 28.4 Å². The standard InChI is InChI=1S/C25H23N3O3/c29-23(26-13-11-16-14-27-19-9-5-4-8-18(16)19)21-20-10-12-25(31-20)15-28(24(30)22(21)25)17-6-2-1-3-7-17/h1-10,12,14,20-22,27H,11,13,15H2,(H,26,29)/t20-,21?,22?,25+/m0/s1. The van der Waals surface area contributed by atoms with Gasteiger partial charge in [0, 0.05) is 29.3 Å². The third kappa shape index (κ3) is 2.75. The van der Waals surface area contributed by atoms with Gasteiger partial charge in [0.15, 0.2) is 0 Å². The second-order valence-corrected chi connectivity index (χ2v) is 8.56. The highest BCUT2D eigenvalue weighted by molar-refractivity contribution is 6.03. The number of aromatic amines is 1. The highest BCUT2D eigenvalue weighted by Gasteiger charge is 2.66. The number of H-pyrrole nitrogens is 1. The fourth-order valence-electron chi connectivity index (χ4n) is 5.40. The van der Waals surface area contributed by atoms with E-state index in [1.807, 2.05) is 66.9 Å². The molecule has 6 rings (SSSR count). The lowest BCUT2D eigenvalue weighted by atomic mass is 9.77. The summed E-state index contributed by atoms with van der Waals surface area (Å²) < 4.78 is 6.21. The SMILES string of the molecule is O=C(NCCc1c[nH]c2ccccc12)C1C2C(=O)N(c3ccccc3)C[C@]23C=C[C@@H]1O3. The Hall–Kier alpha value is -3.38. The molecule has 2 N–H and O–H groups in total. The number of ether oxygens (including phenoxy) is 1. The maximum atomic E-state index is 13.3. The second-order valence-electron chi connectivity index (χ2n) is 8.56. The van der Waals surface area contributed by atoms with Gasteiger partial charge in [-0.1, -0.05) is 48.6 Å². The van der Waals surface area contributed by atoms with E-state index in [0.717, 1.165) is 17.6 Å². The van der Waals surface area contributed by atoms with Gasteiger partial charge in [0.25, 0.3) is 0 Å². The summed E-state index contributed by atoms with van der Waals surface area (Å²) in [4.78, 5) is 31.5. The van der Waals surface area contributed by atoms with E-state index in [4.69, 9.17) is 4.74 Å². The third-order valence-electron chi connectivity index (χ3n) is 6.84. The molecule has 1 aromatic heterocycles. The molecule has 6 heteroatoms. The van der Waals surface area contributed by atoms with Gasteiger partial charge in [-0.25, -0.2) is 0 Å². The number of benzene rings is 2. The number of carbonyl (C=O) groups is 2. The smallest absolute Gasteiger partial charge is 0.234 e. The molecule has 2 unspecified atom stereocenters.